The van der Waals surface area contributed by atoms with Crippen molar-refractivity contribution in [2.75, 3.05) is 7.11 Å². The van der Waals surface area contributed by atoms with Crippen molar-refractivity contribution in [3.63, 3.8) is 0 Å². The third kappa shape index (κ3) is 2.45. The molecule has 0 saturated carbocycles. The highest BCUT2D eigenvalue weighted by Crippen LogP contribution is 2.18. The van der Waals surface area contributed by atoms with Crippen LogP contribution in [0.5, 0.6) is 5.75 Å². The highest BCUT2D eigenvalue weighted by Gasteiger charge is 2.12. The number of nitrogens with zero attached hydrogens (tertiary/aromatic N) is 2. The molecular formula is C13H12N2O3. The van der Waals surface area contributed by atoms with Crippen LogP contribution in [0.1, 0.15) is 10.4 Å². The van der Waals surface area contributed by atoms with E-state index in [-0.39, 0.29) is 12.3 Å². The summed E-state index contributed by atoms with van der Waals surface area (Å²) in [5.74, 6) is 0.307. The van der Waals surface area contributed by atoms with Gasteiger partial charge in [-0.15, -0.1) is 0 Å². The molecule has 2 aromatic rings. The highest BCUT2D eigenvalue weighted by atomic mass is 16.5. The van der Waals surface area contributed by atoms with E-state index in [2.05, 4.69) is 4.98 Å². The number of carbonyl (C=O) groups excluding carboxylic acids is 1. The Morgan fingerprint density at radius 1 is 1.33 bits per heavy atom. The van der Waals surface area contributed by atoms with Gasteiger partial charge in [-0.25, -0.2) is 9.78 Å². The van der Waals surface area contributed by atoms with E-state index in [1.165, 1.54) is 24.1 Å². The summed E-state index contributed by atoms with van der Waals surface area (Å²) >= 11 is 0. The van der Waals surface area contributed by atoms with Crippen molar-refractivity contribution in [1.82, 2.24) is 9.55 Å². The molecule has 92 valence electrons. The Bertz CT molecular complexity index is 619. The first kappa shape index (κ1) is 12.0. The molecule has 0 aliphatic carbocycles. The summed E-state index contributed by atoms with van der Waals surface area (Å²) in [6.07, 6.45) is 2.93. The third-order valence-electron chi connectivity index (χ3n) is 2.50. The fourth-order valence-electron chi connectivity index (χ4n) is 1.62. The molecule has 0 spiro atoms. The topological polar surface area (TPSA) is 61.2 Å². The molecule has 0 fully saturated rings. The summed E-state index contributed by atoms with van der Waals surface area (Å²) in [4.78, 5) is 27.1. The van der Waals surface area contributed by atoms with Gasteiger partial charge in [0.15, 0.2) is 5.78 Å². The quantitative estimate of drug-likeness (QED) is 0.756. The molecule has 5 nitrogen and oxygen atoms in total. The van der Waals surface area contributed by atoms with Crippen molar-refractivity contribution in [3.05, 3.63) is 58.8 Å². The van der Waals surface area contributed by atoms with E-state index >= 15 is 0 Å². The molecule has 0 saturated heterocycles. The Morgan fingerprint density at radius 2 is 2.11 bits per heavy atom. The standard InChI is InChI=1S/C13H12N2O3/c1-18-12-6-3-2-5-10(12)11(16)9-15-8-4-7-14-13(15)17/h2-8H,9H2,1H3. The smallest absolute Gasteiger partial charge is 0.347 e. The minimum Gasteiger partial charge on any atom is -0.496 e. The maximum absolute atomic E-state index is 12.1. The zero-order chi connectivity index (χ0) is 13.0. The Hall–Kier alpha value is -2.43. The van der Waals surface area contributed by atoms with Gasteiger partial charge in [0.25, 0.3) is 0 Å². The van der Waals surface area contributed by atoms with Gasteiger partial charge in [-0.05, 0) is 18.2 Å². The molecule has 0 aliphatic heterocycles. The number of ketones is 1. The first-order chi connectivity index (χ1) is 8.72. The lowest BCUT2D eigenvalue weighted by Crippen LogP contribution is -2.25. The molecule has 1 aromatic heterocycles. The molecule has 0 bridgehead atoms. The fraction of sp³-hybridized carbons (Fsp3) is 0.154. The molecule has 0 radical (unpaired) electrons. The summed E-state index contributed by atoms with van der Waals surface area (Å²) in [6, 6.07) is 8.52. The maximum Gasteiger partial charge on any atom is 0.347 e. The normalized spacial score (nSPS) is 10.1. The van der Waals surface area contributed by atoms with E-state index < -0.39 is 5.69 Å². The van der Waals surface area contributed by atoms with E-state index in [9.17, 15) is 9.59 Å². The van der Waals surface area contributed by atoms with Crippen molar-refractivity contribution in [2.45, 2.75) is 6.54 Å². The van der Waals surface area contributed by atoms with Gasteiger partial charge in [0, 0.05) is 12.4 Å². The molecule has 1 aromatic carbocycles. The summed E-state index contributed by atoms with van der Waals surface area (Å²) < 4.78 is 6.37. The van der Waals surface area contributed by atoms with Crippen LogP contribution >= 0.6 is 0 Å². The fourth-order valence-corrected chi connectivity index (χ4v) is 1.62. The number of hydrogen-bond acceptors (Lipinski definition) is 4. The van der Waals surface area contributed by atoms with Crippen LogP contribution in [0.4, 0.5) is 0 Å². The number of rotatable bonds is 4. The highest BCUT2D eigenvalue weighted by molar-refractivity contribution is 5.98. The van der Waals surface area contributed by atoms with Crippen LogP contribution in [-0.2, 0) is 6.54 Å². The molecule has 0 atom stereocenters. The SMILES string of the molecule is COc1ccccc1C(=O)Cn1cccnc1=O. The first-order valence-corrected chi connectivity index (χ1v) is 5.40. The molecular weight excluding hydrogens is 232 g/mol. The van der Waals surface area contributed by atoms with Gasteiger partial charge in [-0.2, -0.15) is 0 Å². The van der Waals surface area contributed by atoms with Gasteiger partial charge < -0.3 is 4.74 Å². The van der Waals surface area contributed by atoms with Gasteiger partial charge in [0.1, 0.15) is 5.75 Å². The zero-order valence-corrected chi connectivity index (χ0v) is 9.87. The molecule has 18 heavy (non-hydrogen) atoms. The average Bonchev–Trinajstić information content (AvgIpc) is 2.41. The second-order valence-electron chi connectivity index (χ2n) is 3.65. The van der Waals surface area contributed by atoms with E-state index in [1.807, 2.05) is 0 Å². The van der Waals surface area contributed by atoms with Crippen LogP contribution in [-0.4, -0.2) is 22.4 Å². The molecule has 0 unspecified atom stereocenters. The number of carbonyl (C=O) groups is 1. The van der Waals surface area contributed by atoms with Crippen LogP contribution in [0, 0.1) is 0 Å². The van der Waals surface area contributed by atoms with Crippen LogP contribution < -0.4 is 10.4 Å². The van der Waals surface area contributed by atoms with E-state index in [0.717, 1.165) is 0 Å². The van der Waals surface area contributed by atoms with Crippen molar-refractivity contribution in [1.29, 1.82) is 0 Å². The number of aromatic nitrogens is 2. The summed E-state index contributed by atoms with van der Waals surface area (Å²) in [6.45, 7) is -0.0486. The lowest BCUT2D eigenvalue weighted by molar-refractivity contribution is 0.0967. The second-order valence-corrected chi connectivity index (χ2v) is 3.65. The van der Waals surface area contributed by atoms with Crippen molar-refractivity contribution in [2.24, 2.45) is 0 Å². The van der Waals surface area contributed by atoms with Crippen LogP contribution in [0.2, 0.25) is 0 Å². The number of ether oxygens (including phenoxy) is 1. The van der Waals surface area contributed by atoms with Gasteiger partial charge in [0.2, 0.25) is 0 Å². The van der Waals surface area contributed by atoms with E-state index in [4.69, 9.17) is 4.74 Å². The number of Topliss-reactive ketones (excluding diaryl/α,β-unsaturated/α-hetero) is 1. The van der Waals surface area contributed by atoms with Gasteiger partial charge in [-0.3, -0.25) is 9.36 Å². The number of methoxy groups -OCH3 is 1. The Morgan fingerprint density at radius 3 is 2.83 bits per heavy atom. The number of hydrogen-bond donors (Lipinski definition) is 0. The van der Waals surface area contributed by atoms with Crippen LogP contribution in [0.25, 0.3) is 0 Å². The van der Waals surface area contributed by atoms with Crippen molar-refractivity contribution >= 4 is 5.78 Å². The minimum absolute atomic E-state index is 0.0486. The molecule has 2 rings (SSSR count). The Labute approximate surface area is 104 Å². The van der Waals surface area contributed by atoms with Crippen LogP contribution in [0.3, 0.4) is 0 Å². The molecule has 0 amide bonds. The lowest BCUT2D eigenvalue weighted by atomic mass is 10.1. The number of para-hydroxylation sites is 1. The molecule has 0 N–H and O–H groups in total. The lowest BCUT2D eigenvalue weighted by Gasteiger charge is -2.07. The van der Waals surface area contributed by atoms with Gasteiger partial charge in [-0.1, -0.05) is 12.1 Å². The minimum atomic E-state index is -0.444. The predicted molar refractivity (Wildman–Crippen MR) is 65.8 cm³/mol. The molecule has 1 heterocycles. The maximum atomic E-state index is 12.1. The summed E-state index contributed by atoms with van der Waals surface area (Å²) in [5.41, 5.74) is 0.0106. The molecule has 0 aliphatic rings. The van der Waals surface area contributed by atoms with Crippen LogP contribution in [0.15, 0.2) is 47.5 Å². The number of benzene rings is 1. The first-order valence-electron chi connectivity index (χ1n) is 5.40. The van der Waals surface area contributed by atoms with Crippen molar-refractivity contribution < 1.29 is 9.53 Å². The predicted octanol–water partition coefficient (Wildman–Crippen LogP) is 1.13. The second kappa shape index (κ2) is 5.27. The third-order valence-corrected chi connectivity index (χ3v) is 2.50. The van der Waals surface area contributed by atoms with Gasteiger partial charge >= 0.3 is 5.69 Å². The van der Waals surface area contributed by atoms with Gasteiger partial charge in [0.05, 0.1) is 19.2 Å². The van der Waals surface area contributed by atoms with E-state index in [1.54, 1.807) is 30.3 Å². The zero-order valence-electron chi connectivity index (χ0n) is 9.87. The molecule has 5 heteroatoms. The summed E-state index contributed by atoms with van der Waals surface area (Å²) in [5, 5.41) is 0. The largest absolute Gasteiger partial charge is 0.496 e. The monoisotopic (exact) mass is 244 g/mol. The van der Waals surface area contributed by atoms with E-state index in [0.29, 0.717) is 11.3 Å². The summed E-state index contributed by atoms with van der Waals surface area (Å²) in [7, 11) is 1.50. The Kier molecular flexibility index (Phi) is 3.52. The van der Waals surface area contributed by atoms with Crippen molar-refractivity contribution in [3.8, 4) is 5.75 Å². The average molecular weight is 244 g/mol. The Balaban J connectivity index is 2.28.